The normalized spacial score (nSPS) is 12.3. The lowest BCUT2D eigenvalue weighted by atomic mass is 10.2. The lowest BCUT2D eigenvalue weighted by Crippen LogP contribution is -2.45. The van der Waals surface area contributed by atoms with Gasteiger partial charge in [-0.3, -0.25) is 9.10 Å². The number of nitrogens with one attached hydrogen (secondary N) is 1. The van der Waals surface area contributed by atoms with Crippen molar-refractivity contribution < 1.29 is 17.9 Å². The van der Waals surface area contributed by atoms with Crippen LogP contribution in [0.1, 0.15) is 12.5 Å². The van der Waals surface area contributed by atoms with Gasteiger partial charge in [-0.25, -0.2) is 8.42 Å². The summed E-state index contributed by atoms with van der Waals surface area (Å²) in [5, 5.41) is 3.00. The fourth-order valence-electron chi connectivity index (χ4n) is 2.49. The van der Waals surface area contributed by atoms with Crippen molar-refractivity contribution in [2.45, 2.75) is 19.9 Å². The molecule has 2 aromatic carbocycles. The minimum atomic E-state index is -3.75. The predicted molar refractivity (Wildman–Crippen MR) is 113 cm³/mol. The molecule has 1 amide bonds. The van der Waals surface area contributed by atoms with Gasteiger partial charge in [0.25, 0.3) is 0 Å². The number of ether oxygens (including phenoxy) is 1. The van der Waals surface area contributed by atoms with E-state index in [1.807, 2.05) is 31.2 Å². The first-order chi connectivity index (χ1) is 13.1. The third kappa shape index (κ3) is 6.02. The van der Waals surface area contributed by atoms with Gasteiger partial charge < -0.3 is 10.1 Å². The summed E-state index contributed by atoms with van der Waals surface area (Å²) >= 11 is 12.1. The van der Waals surface area contributed by atoms with Gasteiger partial charge in [0, 0.05) is 0 Å². The topological polar surface area (TPSA) is 75.7 Å². The highest BCUT2D eigenvalue weighted by Gasteiger charge is 2.24. The van der Waals surface area contributed by atoms with Gasteiger partial charge in [0.2, 0.25) is 15.9 Å². The lowest BCUT2D eigenvalue weighted by Gasteiger charge is -2.24. The first-order valence-corrected chi connectivity index (χ1v) is 11.1. The van der Waals surface area contributed by atoms with Crippen LogP contribution in [0.3, 0.4) is 0 Å². The molecule has 0 spiro atoms. The van der Waals surface area contributed by atoms with Crippen molar-refractivity contribution >= 4 is 44.8 Å². The number of hydrogen-bond donors (Lipinski definition) is 1. The van der Waals surface area contributed by atoms with E-state index in [-0.39, 0.29) is 28.4 Å². The zero-order valence-electron chi connectivity index (χ0n) is 15.8. The van der Waals surface area contributed by atoms with Crippen LogP contribution in [0.2, 0.25) is 10.0 Å². The molecule has 2 rings (SSSR count). The highest BCUT2D eigenvalue weighted by molar-refractivity contribution is 7.92. The summed E-state index contributed by atoms with van der Waals surface area (Å²) in [6, 6.07) is 11.8. The van der Waals surface area contributed by atoms with Crippen LogP contribution in [0.5, 0.6) is 5.75 Å². The molecule has 0 saturated carbocycles. The van der Waals surface area contributed by atoms with E-state index in [4.69, 9.17) is 27.9 Å². The Balaban J connectivity index is 2.04. The molecule has 0 aliphatic carbocycles. The summed E-state index contributed by atoms with van der Waals surface area (Å²) in [5.41, 5.74) is 1.13. The summed E-state index contributed by atoms with van der Waals surface area (Å²) in [6.45, 7) is 3.52. The van der Waals surface area contributed by atoms with Crippen molar-refractivity contribution in [3.63, 3.8) is 0 Å². The van der Waals surface area contributed by atoms with E-state index in [1.54, 1.807) is 19.1 Å². The largest absolute Gasteiger partial charge is 0.491 e. The van der Waals surface area contributed by atoms with Crippen molar-refractivity contribution in [3.8, 4) is 5.75 Å². The van der Waals surface area contributed by atoms with Crippen LogP contribution in [0.15, 0.2) is 42.5 Å². The van der Waals surface area contributed by atoms with E-state index >= 15 is 0 Å². The molecule has 1 unspecified atom stereocenters. The van der Waals surface area contributed by atoms with Crippen molar-refractivity contribution in [1.82, 2.24) is 5.32 Å². The fraction of sp³-hybridized carbons (Fsp3) is 0.316. The molecular formula is C19H22Cl2N2O4S. The second-order valence-electron chi connectivity index (χ2n) is 6.39. The average molecular weight is 445 g/mol. The van der Waals surface area contributed by atoms with Gasteiger partial charge in [0.05, 0.1) is 28.0 Å². The number of anilines is 1. The molecule has 0 saturated heterocycles. The van der Waals surface area contributed by atoms with Gasteiger partial charge in [-0.1, -0.05) is 47.5 Å². The zero-order chi connectivity index (χ0) is 20.9. The minimum Gasteiger partial charge on any atom is -0.491 e. The first kappa shape index (κ1) is 22.3. The van der Waals surface area contributed by atoms with E-state index in [0.29, 0.717) is 0 Å². The third-order valence-electron chi connectivity index (χ3n) is 3.88. The Morgan fingerprint density at radius 2 is 1.86 bits per heavy atom. The molecule has 0 aromatic heterocycles. The SMILES string of the molecule is Cc1ccccc1OCC(C)NC(=O)CN(c1cccc(Cl)c1Cl)S(C)(=O)=O. The van der Waals surface area contributed by atoms with E-state index in [9.17, 15) is 13.2 Å². The molecule has 1 atom stereocenters. The Morgan fingerprint density at radius 3 is 2.50 bits per heavy atom. The first-order valence-electron chi connectivity index (χ1n) is 8.49. The van der Waals surface area contributed by atoms with Crippen LogP contribution >= 0.6 is 23.2 Å². The summed E-state index contributed by atoms with van der Waals surface area (Å²) in [6.07, 6.45) is 1.00. The molecule has 9 heteroatoms. The molecule has 28 heavy (non-hydrogen) atoms. The Hall–Kier alpha value is -1.96. The van der Waals surface area contributed by atoms with Crippen molar-refractivity contribution in [2.75, 3.05) is 23.7 Å². The molecular weight excluding hydrogens is 423 g/mol. The van der Waals surface area contributed by atoms with E-state index in [2.05, 4.69) is 5.32 Å². The number of aryl methyl sites for hydroxylation is 1. The number of nitrogens with zero attached hydrogens (tertiary/aromatic N) is 1. The maximum absolute atomic E-state index is 12.4. The Labute approximate surface area is 175 Å². The molecule has 0 radical (unpaired) electrons. The number of halogens is 2. The molecule has 152 valence electrons. The van der Waals surface area contributed by atoms with Gasteiger partial charge in [0.1, 0.15) is 18.9 Å². The van der Waals surface area contributed by atoms with Crippen molar-refractivity contribution in [1.29, 1.82) is 0 Å². The van der Waals surface area contributed by atoms with Crippen LogP contribution < -0.4 is 14.4 Å². The predicted octanol–water partition coefficient (Wildman–Crippen LogP) is 3.65. The summed E-state index contributed by atoms with van der Waals surface area (Å²) in [4.78, 5) is 12.4. The molecule has 0 aliphatic heterocycles. The molecule has 2 aromatic rings. The summed E-state index contributed by atoms with van der Waals surface area (Å²) in [7, 11) is -3.75. The maximum atomic E-state index is 12.4. The third-order valence-corrected chi connectivity index (χ3v) is 5.81. The zero-order valence-corrected chi connectivity index (χ0v) is 18.1. The van der Waals surface area contributed by atoms with E-state index < -0.39 is 22.5 Å². The van der Waals surface area contributed by atoms with Crippen LogP contribution in [-0.4, -0.2) is 39.8 Å². The highest BCUT2D eigenvalue weighted by Crippen LogP contribution is 2.33. The van der Waals surface area contributed by atoms with Gasteiger partial charge in [-0.2, -0.15) is 0 Å². The molecule has 0 aliphatic rings. The number of carbonyl (C=O) groups excluding carboxylic acids is 1. The minimum absolute atomic E-state index is 0.0679. The molecule has 1 N–H and O–H groups in total. The molecule has 0 bridgehead atoms. The Morgan fingerprint density at radius 1 is 1.18 bits per heavy atom. The number of benzene rings is 2. The van der Waals surface area contributed by atoms with Gasteiger partial charge in [-0.05, 0) is 37.6 Å². The summed E-state index contributed by atoms with van der Waals surface area (Å²) in [5.74, 6) is 0.245. The standard InChI is InChI=1S/C19H22Cl2N2O4S/c1-13-7-4-5-10-17(13)27-12-14(2)22-18(24)11-23(28(3,25)26)16-9-6-8-15(20)19(16)21/h4-10,14H,11-12H2,1-3H3,(H,22,24). The van der Waals surface area contributed by atoms with Crippen LogP contribution in [-0.2, 0) is 14.8 Å². The molecule has 6 nitrogen and oxygen atoms in total. The smallest absolute Gasteiger partial charge is 0.241 e. The van der Waals surface area contributed by atoms with Gasteiger partial charge >= 0.3 is 0 Å². The molecule has 0 fully saturated rings. The van der Waals surface area contributed by atoms with Crippen molar-refractivity contribution in [3.05, 3.63) is 58.1 Å². The average Bonchev–Trinajstić information content (AvgIpc) is 2.61. The Kier molecular flexibility index (Phi) is 7.57. The van der Waals surface area contributed by atoms with Crippen LogP contribution in [0.4, 0.5) is 5.69 Å². The second-order valence-corrected chi connectivity index (χ2v) is 9.08. The van der Waals surface area contributed by atoms with Gasteiger partial charge in [-0.15, -0.1) is 0 Å². The number of hydrogen-bond acceptors (Lipinski definition) is 4. The second kappa shape index (κ2) is 9.49. The monoisotopic (exact) mass is 444 g/mol. The number of para-hydroxylation sites is 1. The Bertz CT molecular complexity index is 951. The summed E-state index contributed by atoms with van der Waals surface area (Å²) < 4.78 is 31.0. The number of carbonyl (C=O) groups is 1. The number of rotatable bonds is 8. The van der Waals surface area contributed by atoms with Crippen LogP contribution in [0, 0.1) is 6.92 Å². The highest BCUT2D eigenvalue weighted by atomic mass is 35.5. The lowest BCUT2D eigenvalue weighted by molar-refractivity contribution is -0.120. The van der Waals surface area contributed by atoms with E-state index in [0.717, 1.165) is 21.9 Å². The number of sulfonamides is 1. The number of amides is 1. The molecule has 0 heterocycles. The fourth-order valence-corrected chi connectivity index (χ4v) is 3.80. The quantitative estimate of drug-likeness (QED) is 0.673. The van der Waals surface area contributed by atoms with Crippen molar-refractivity contribution in [2.24, 2.45) is 0 Å². The van der Waals surface area contributed by atoms with Crippen LogP contribution in [0.25, 0.3) is 0 Å². The van der Waals surface area contributed by atoms with E-state index in [1.165, 1.54) is 6.07 Å². The maximum Gasteiger partial charge on any atom is 0.241 e. The van der Waals surface area contributed by atoms with Gasteiger partial charge in [0.15, 0.2) is 0 Å².